The Bertz CT molecular complexity index is 750. The molecule has 4 rings (SSSR count). The van der Waals surface area contributed by atoms with E-state index in [1.54, 1.807) is 0 Å². The van der Waals surface area contributed by atoms with Crippen molar-refractivity contribution in [3.8, 4) is 0 Å². The topological polar surface area (TPSA) is 33.2 Å². The number of fused-ring (bicyclic) bond motifs is 3. The van der Waals surface area contributed by atoms with E-state index in [4.69, 9.17) is 0 Å². The second-order valence-corrected chi connectivity index (χ2v) is 6.00. The first-order chi connectivity index (χ1) is 10.2. The fourth-order valence-corrected chi connectivity index (χ4v) is 3.60. The van der Waals surface area contributed by atoms with Gasteiger partial charge in [0.2, 0.25) is 0 Å². The number of amides is 1. The zero-order chi connectivity index (χ0) is 14.4. The van der Waals surface area contributed by atoms with Crippen LogP contribution in [-0.2, 0) is 0 Å². The predicted octanol–water partition coefficient (Wildman–Crippen LogP) is 3.48. The normalized spacial score (nSPS) is 23.8. The van der Waals surface area contributed by atoms with Crippen LogP contribution >= 0.6 is 0 Å². The number of hydrogen-bond acceptors (Lipinski definition) is 2. The van der Waals surface area contributed by atoms with Gasteiger partial charge in [0.15, 0.2) is 0 Å². The van der Waals surface area contributed by atoms with Gasteiger partial charge >= 0.3 is 0 Å². The summed E-state index contributed by atoms with van der Waals surface area (Å²) in [6.07, 6.45) is 7.59. The van der Waals surface area contributed by atoms with Crippen LogP contribution in [0, 0.1) is 6.92 Å². The van der Waals surface area contributed by atoms with Crippen molar-refractivity contribution in [2.24, 2.45) is 0 Å². The van der Waals surface area contributed by atoms with Gasteiger partial charge in [0.05, 0.1) is 17.1 Å². The maximum atomic E-state index is 13.0. The molecule has 2 aliphatic rings. The molecule has 1 amide bonds. The van der Waals surface area contributed by atoms with E-state index < -0.39 is 0 Å². The molecule has 2 aromatic rings. The number of pyridine rings is 1. The van der Waals surface area contributed by atoms with Gasteiger partial charge in [-0.05, 0) is 38.3 Å². The molecule has 1 aromatic heterocycles. The monoisotopic (exact) mass is 278 g/mol. The Hall–Kier alpha value is -2.16. The van der Waals surface area contributed by atoms with E-state index in [2.05, 4.69) is 22.0 Å². The summed E-state index contributed by atoms with van der Waals surface area (Å²) >= 11 is 0. The first-order valence-electron chi connectivity index (χ1n) is 7.60. The molecule has 0 radical (unpaired) electrons. The van der Waals surface area contributed by atoms with Gasteiger partial charge in [0.25, 0.3) is 5.91 Å². The zero-order valence-electron chi connectivity index (χ0n) is 12.1. The van der Waals surface area contributed by atoms with Crippen molar-refractivity contribution >= 4 is 16.8 Å². The number of para-hydroxylation sites is 1. The van der Waals surface area contributed by atoms with E-state index in [-0.39, 0.29) is 11.9 Å². The molecule has 106 valence electrons. The summed E-state index contributed by atoms with van der Waals surface area (Å²) in [4.78, 5) is 19.7. The highest BCUT2D eigenvalue weighted by atomic mass is 16.2. The van der Waals surface area contributed by atoms with Gasteiger partial charge in [-0.3, -0.25) is 9.78 Å². The van der Waals surface area contributed by atoms with Crippen LogP contribution < -0.4 is 0 Å². The van der Waals surface area contributed by atoms with Gasteiger partial charge in [-0.2, -0.15) is 0 Å². The molecule has 2 atom stereocenters. The van der Waals surface area contributed by atoms with Crippen molar-refractivity contribution in [2.75, 3.05) is 0 Å². The maximum Gasteiger partial charge on any atom is 0.256 e. The summed E-state index contributed by atoms with van der Waals surface area (Å²) < 4.78 is 0. The number of aryl methyl sites for hydroxylation is 1. The quantitative estimate of drug-likeness (QED) is 0.748. The number of rotatable bonds is 1. The van der Waals surface area contributed by atoms with Gasteiger partial charge in [-0.1, -0.05) is 30.4 Å². The van der Waals surface area contributed by atoms with Crippen LogP contribution in [0.15, 0.2) is 42.5 Å². The molecule has 0 N–H and O–H groups in total. The third-order valence-electron chi connectivity index (χ3n) is 4.64. The van der Waals surface area contributed by atoms with Crippen molar-refractivity contribution in [1.82, 2.24) is 9.88 Å². The zero-order valence-corrected chi connectivity index (χ0v) is 12.1. The number of nitrogens with zero attached hydrogens (tertiary/aromatic N) is 2. The van der Waals surface area contributed by atoms with Gasteiger partial charge in [0.1, 0.15) is 0 Å². The number of carbonyl (C=O) groups is 1. The molecule has 0 spiro atoms. The molecule has 0 unspecified atom stereocenters. The minimum Gasteiger partial charge on any atom is -0.329 e. The molecule has 2 aliphatic heterocycles. The van der Waals surface area contributed by atoms with E-state index in [9.17, 15) is 4.79 Å². The summed E-state index contributed by atoms with van der Waals surface area (Å²) in [7, 11) is 0. The van der Waals surface area contributed by atoms with Crippen LogP contribution in [0.25, 0.3) is 10.9 Å². The van der Waals surface area contributed by atoms with Crippen LogP contribution in [0.4, 0.5) is 0 Å². The lowest BCUT2D eigenvalue weighted by Crippen LogP contribution is -2.42. The Morgan fingerprint density at radius 1 is 1.24 bits per heavy atom. The molecular formula is C18H18N2O. The molecule has 0 saturated carbocycles. The summed E-state index contributed by atoms with van der Waals surface area (Å²) in [5.41, 5.74) is 2.52. The smallest absolute Gasteiger partial charge is 0.256 e. The molecular weight excluding hydrogens is 260 g/mol. The van der Waals surface area contributed by atoms with E-state index >= 15 is 0 Å². The fourth-order valence-electron chi connectivity index (χ4n) is 3.60. The Morgan fingerprint density at radius 2 is 2.14 bits per heavy atom. The fraction of sp³-hybridized carbons (Fsp3) is 0.333. The summed E-state index contributed by atoms with van der Waals surface area (Å²) in [6, 6.07) is 10.6. The average Bonchev–Trinajstić information content (AvgIpc) is 2.75. The van der Waals surface area contributed by atoms with Gasteiger partial charge in [-0.15, -0.1) is 0 Å². The minimum absolute atomic E-state index is 0.135. The molecule has 3 heteroatoms. The summed E-state index contributed by atoms with van der Waals surface area (Å²) in [5, 5.41) is 1.03. The number of carbonyl (C=O) groups excluding carboxylic acids is 1. The molecule has 3 nitrogen and oxygen atoms in total. The highest BCUT2D eigenvalue weighted by Gasteiger charge is 2.37. The predicted molar refractivity (Wildman–Crippen MR) is 83.2 cm³/mol. The summed E-state index contributed by atoms with van der Waals surface area (Å²) in [5.74, 6) is 0.135. The highest BCUT2D eigenvalue weighted by Crippen LogP contribution is 2.33. The van der Waals surface area contributed by atoms with Crippen LogP contribution in [0.2, 0.25) is 0 Å². The van der Waals surface area contributed by atoms with Crippen LogP contribution in [-0.4, -0.2) is 27.9 Å². The van der Waals surface area contributed by atoms with Gasteiger partial charge in [-0.25, -0.2) is 0 Å². The van der Waals surface area contributed by atoms with Crippen molar-refractivity contribution < 1.29 is 4.79 Å². The van der Waals surface area contributed by atoms with E-state index in [0.29, 0.717) is 6.04 Å². The lowest BCUT2D eigenvalue weighted by Gasteiger charge is -2.31. The third-order valence-corrected chi connectivity index (χ3v) is 4.64. The first-order valence-corrected chi connectivity index (χ1v) is 7.60. The molecule has 1 aromatic carbocycles. The number of aromatic nitrogens is 1. The molecule has 1 fully saturated rings. The van der Waals surface area contributed by atoms with Gasteiger partial charge in [0, 0.05) is 17.1 Å². The Balaban J connectivity index is 1.81. The van der Waals surface area contributed by atoms with Crippen molar-refractivity contribution in [3.05, 3.63) is 53.7 Å². The number of benzene rings is 1. The highest BCUT2D eigenvalue weighted by molar-refractivity contribution is 6.06. The maximum absolute atomic E-state index is 13.0. The SMILES string of the molecule is Cc1ccc2cccc(C(=O)N3[C@H]4CC=C[C@H]3CC4)c2n1. The van der Waals surface area contributed by atoms with Crippen molar-refractivity contribution in [1.29, 1.82) is 0 Å². The Morgan fingerprint density at radius 3 is 3.00 bits per heavy atom. The largest absolute Gasteiger partial charge is 0.329 e. The van der Waals surface area contributed by atoms with E-state index in [1.807, 2.05) is 37.3 Å². The third kappa shape index (κ3) is 1.96. The lowest BCUT2D eigenvalue weighted by atomic mass is 10.0. The van der Waals surface area contributed by atoms with Crippen LogP contribution in [0.5, 0.6) is 0 Å². The van der Waals surface area contributed by atoms with Gasteiger partial charge < -0.3 is 4.90 Å². The van der Waals surface area contributed by atoms with E-state index in [1.165, 1.54) is 0 Å². The van der Waals surface area contributed by atoms with Crippen LogP contribution in [0.1, 0.15) is 35.3 Å². The Kier molecular flexibility index (Phi) is 2.81. The standard InChI is InChI=1S/C18H18N2O/c1-12-8-9-13-4-2-7-16(17(13)19-12)18(21)20-14-5-3-6-15(20)11-10-14/h2-5,7-9,14-15H,6,10-11H2,1H3/t14-,15-/m0/s1. The van der Waals surface area contributed by atoms with Crippen molar-refractivity contribution in [2.45, 2.75) is 38.3 Å². The first kappa shape index (κ1) is 12.6. The Labute approximate surface area is 124 Å². The second-order valence-electron chi connectivity index (χ2n) is 6.00. The molecule has 2 bridgehead atoms. The second kappa shape index (κ2) is 4.69. The number of hydrogen-bond donors (Lipinski definition) is 0. The minimum atomic E-state index is 0.135. The van der Waals surface area contributed by atoms with E-state index in [0.717, 1.165) is 41.4 Å². The molecule has 1 saturated heterocycles. The van der Waals surface area contributed by atoms with Crippen LogP contribution in [0.3, 0.4) is 0 Å². The summed E-state index contributed by atoms with van der Waals surface area (Å²) in [6.45, 7) is 1.97. The molecule has 0 aliphatic carbocycles. The average molecular weight is 278 g/mol. The lowest BCUT2D eigenvalue weighted by molar-refractivity contribution is 0.0691. The molecule has 3 heterocycles. The van der Waals surface area contributed by atoms with Crippen molar-refractivity contribution in [3.63, 3.8) is 0 Å². The molecule has 21 heavy (non-hydrogen) atoms.